The average molecular weight is 504 g/mol. The van der Waals surface area contributed by atoms with Crippen molar-refractivity contribution >= 4 is 40.7 Å². The Hall–Kier alpha value is -2.82. The van der Waals surface area contributed by atoms with Gasteiger partial charge in [-0.15, -0.1) is 0 Å². The van der Waals surface area contributed by atoms with E-state index in [0.717, 1.165) is 12.1 Å². The van der Waals surface area contributed by atoms with Crippen LogP contribution in [-0.2, 0) is 20.0 Å². The molecule has 0 aromatic heterocycles. The number of aryl methyl sites for hydroxylation is 1. The van der Waals surface area contributed by atoms with Crippen LogP contribution in [0.1, 0.15) is 33.5 Å². The second kappa shape index (κ2) is 9.58. The minimum absolute atomic E-state index is 0.0296. The fourth-order valence-electron chi connectivity index (χ4n) is 3.30. The van der Waals surface area contributed by atoms with E-state index in [1.807, 2.05) is 0 Å². The van der Waals surface area contributed by atoms with Gasteiger partial charge in [-0.2, -0.15) is 13.2 Å². The topological polar surface area (TPSA) is 89.0 Å². The standard InChI is InChI=1S/C21H18Cl2F3N3O4/c1-11-5-12(3-4-16(11)19(31)28-27-18(30)10-32-2)17-9-20(33-29-17,21(24,25)26)13-6-14(22)8-15(23)7-13/h3-8H,9-10H2,1-2H3,(H,27,30)(H,28,31). The van der Waals surface area contributed by atoms with Crippen LogP contribution in [0, 0.1) is 6.92 Å². The van der Waals surface area contributed by atoms with Gasteiger partial charge in [0.05, 0.1) is 5.71 Å². The molecule has 3 rings (SSSR count). The first-order valence-corrected chi connectivity index (χ1v) is 10.2. The Morgan fingerprint density at radius 3 is 2.39 bits per heavy atom. The number of nitrogens with one attached hydrogen (secondary N) is 2. The van der Waals surface area contributed by atoms with Crippen molar-refractivity contribution in [2.24, 2.45) is 5.16 Å². The molecule has 1 unspecified atom stereocenters. The average Bonchev–Trinajstić information content (AvgIpc) is 3.18. The SMILES string of the molecule is COCC(=O)NNC(=O)c1ccc(C2=NOC(c3cc(Cl)cc(Cl)c3)(C(F)(F)F)C2)cc1C. The van der Waals surface area contributed by atoms with Gasteiger partial charge in [0.15, 0.2) is 0 Å². The second-order valence-electron chi connectivity index (χ2n) is 7.25. The predicted molar refractivity (Wildman–Crippen MR) is 115 cm³/mol. The summed E-state index contributed by atoms with van der Waals surface area (Å²) < 4.78 is 47.0. The maximum absolute atomic E-state index is 14.1. The number of carbonyl (C=O) groups is 2. The van der Waals surface area contributed by atoms with Crippen LogP contribution < -0.4 is 10.9 Å². The van der Waals surface area contributed by atoms with Crippen molar-refractivity contribution in [1.82, 2.24) is 10.9 Å². The number of ether oxygens (including phenoxy) is 1. The Labute approximate surface area is 196 Å². The minimum atomic E-state index is -4.82. The molecule has 1 atom stereocenters. The molecular formula is C21H18Cl2F3N3O4. The first kappa shape index (κ1) is 24.8. The zero-order valence-electron chi connectivity index (χ0n) is 17.3. The summed E-state index contributed by atoms with van der Waals surface area (Å²) in [5, 5.41) is 3.76. The molecule has 2 amide bonds. The van der Waals surface area contributed by atoms with E-state index < -0.39 is 30.0 Å². The van der Waals surface area contributed by atoms with Crippen LogP contribution in [0.5, 0.6) is 0 Å². The van der Waals surface area contributed by atoms with Gasteiger partial charge in [-0.1, -0.05) is 34.4 Å². The lowest BCUT2D eigenvalue weighted by Gasteiger charge is -2.29. The Morgan fingerprint density at radius 1 is 1.15 bits per heavy atom. The number of carbonyl (C=O) groups excluding carboxylic acids is 2. The van der Waals surface area contributed by atoms with Crippen molar-refractivity contribution in [2.75, 3.05) is 13.7 Å². The summed E-state index contributed by atoms with van der Waals surface area (Å²) in [4.78, 5) is 28.7. The third kappa shape index (κ3) is 5.23. The van der Waals surface area contributed by atoms with Crippen LogP contribution >= 0.6 is 23.2 Å². The van der Waals surface area contributed by atoms with E-state index in [1.165, 1.54) is 31.4 Å². The van der Waals surface area contributed by atoms with Crippen LogP contribution in [0.2, 0.25) is 10.0 Å². The van der Waals surface area contributed by atoms with Gasteiger partial charge < -0.3 is 9.57 Å². The van der Waals surface area contributed by atoms with Crippen LogP contribution in [0.4, 0.5) is 13.2 Å². The maximum atomic E-state index is 14.1. The van der Waals surface area contributed by atoms with E-state index in [0.29, 0.717) is 11.1 Å². The number of oxime groups is 1. The monoisotopic (exact) mass is 503 g/mol. The molecule has 1 aliphatic heterocycles. The number of hydrogen-bond acceptors (Lipinski definition) is 5. The number of alkyl halides is 3. The van der Waals surface area contributed by atoms with Crippen LogP contribution in [0.15, 0.2) is 41.6 Å². The van der Waals surface area contributed by atoms with Crippen molar-refractivity contribution in [3.63, 3.8) is 0 Å². The number of benzene rings is 2. The van der Waals surface area contributed by atoms with Gasteiger partial charge in [0.2, 0.25) is 0 Å². The minimum Gasteiger partial charge on any atom is -0.375 e. The van der Waals surface area contributed by atoms with Gasteiger partial charge in [0.1, 0.15) is 6.61 Å². The third-order valence-corrected chi connectivity index (χ3v) is 5.35. The molecule has 0 saturated heterocycles. The number of hydrazine groups is 1. The molecule has 0 spiro atoms. The summed E-state index contributed by atoms with van der Waals surface area (Å²) in [6.45, 7) is 1.36. The molecule has 2 aromatic carbocycles. The zero-order valence-corrected chi connectivity index (χ0v) is 18.9. The lowest BCUT2D eigenvalue weighted by molar-refractivity contribution is -0.275. The highest BCUT2D eigenvalue weighted by atomic mass is 35.5. The van der Waals surface area contributed by atoms with E-state index in [4.69, 9.17) is 28.0 Å². The van der Waals surface area contributed by atoms with Crippen LogP contribution in [0.3, 0.4) is 0 Å². The molecule has 7 nitrogen and oxygen atoms in total. The first-order valence-electron chi connectivity index (χ1n) is 9.44. The van der Waals surface area contributed by atoms with Gasteiger partial charge in [0, 0.05) is 34.7 Å². The van der Waals surface area contributed by atoms with Crippen molar-refractivity contribution < 1.29 is 32.3 Å². The highest BCUT2D eigenvalue weighted by Gasteiger charge is 2.62. The Balaban J connectivity index is 1.84. The van der Waals surface area contributed by atoms with E-state index >= 15 is 0 Å². The summed E-state index contributed by atoms with van der Waals surface area (Å²) in [5.41, 5.74) is 2.41. The number of amides is 2. The zero-order chi connectivity index (χ0) is 24.4. The molecular weight excluding hydrogens is 486 g/mol. The van der Waals surface area contributed by atoms with Gasteiger partial charge in [-0.05, 0) is 48.4 Å². The number of nitrogens with zero attached hydrogens (tertiary/aromatic N) is 1. The normalized spacial score (nSPS) is 17.8. The molecule has 12 heteroatoms. The molecule has 176 valence electrons. The molecule has 0 radical (unpaired) electrons. The second-order valence-corrected chi connectivity index (χ2v) is 8.13. The van der Waals surface area contributed by atoms with Crippen molar-refractivity contribution in [3.05, 3.63) is 68.7 Å². The smallest absolute Gasteiger partial charge is 0.375 e. The number of methoxy groups -OCH3 is 1. The summed E-state index contributed by atoms with van der Waals surface area (Å²) >= 11 is 11.8. The highest BCUT2D eigenvalue weighted by Crippen LogP contribution is 2.49. The van der Waals surface area contributed by atoms with Crippen LogP contribution in [0.25, 0.3) is 0 Å². The molecule has 0 bridgehead atoms. The highest BCUT2D eigenvalue weighted by molar-refractivity contribution is 6.34. The van der Waals surface area contributed by atoms with Crippen molar-refractivity contribution in [2.45, 2.75) is 25.1 Å². The quantitative estimate of drug-likeness (QED) is 0.595. The van der Waals surface area contributed by atoms with Gasteiger partial charge in [-0.25, -0.2) is 0 Å². The van der Waals surface area contributed by atoms with Gasteiger partial charge in [-0.3, -0.25) is 20.4 Å². The molecule has 2 N–H and O–H groups in total. The summed E-state index contributed by atoms with van der Waals surface area (Å²) in [6.07, 6.45) is -5.44. The van der Waals surface area contributed by atoms with Crippen molar-refractivity contribution in [1.29, 1.82) is 0 Å². The number of halogens is 5. The molecule has 0 aliphatic carbocycles. The Morgan fingerprint density at radius 2 is 1.82 bits per heavy atom. The fraction of sp³-hybridized carbons (Fsp3) is 0.286. The summed E-state index contributed by atoms with van der Waals surface area (Å²) in [6, 6.07) is 7.95. The largest absolute Gasteiger partial charge is 0.435 e. The van der Waals surface area contributed by atoms with Crippen molar-refractivity contribution in [3.8, 4) is 0 Å². The van der Waals surface area contributed by atoms with Crippen LogP contribution in [-0.4, -0.2) is 37.4 Å². The number of rotatable bonds is 5. The third-order valence-electron chi connectivity index (χ3n) is 4.91. The summed E-state index contributed by atoms with van der Waals surface area (Å²) in [5.74, 6) is -1.16. The molecule has 0 fully saturated rings. The predicted octanol–water partition coefficient (Wildman–Crippen LogP) is 4.29. The van der Waals surface area contributed by atoms with E-state index in [-0.39, 0.29) is 33.5 Å². The lowest BCUT2D eigenvalue weighted by atomic mass is 9.86. The van der Waals surface area contributed by atoms with Gasteiger partial charge in [0.25, 0.3) is 17.4 Å². The molecule has 1 aliphatic rings. The van der Waals surface area contributed by atoms with E-state index in [1.54, 1.807) is 6.92 Å². The lowest BCUT2D eigenvalue weighted by Crippen LogP contribution is -2.43. The molecule has 0 saturated carbocycles. The van der Waals surface area contributed by atoms with E-state index in [2.05, 4.69) is 20.7 Å². The fourth-order valence-corrected chi connectivity index (χ4v) is 3.83. The Bertz CT molecular complexity index is 1100. The summed E-state index contributed by atoms with van der Waals surface area (Å²) in [7, 11) is 1.33. The molecule has 2 aromatic rings. The van der Waals surface area contributed by atoms with E-state index in [9.17, 15) is 22.8 Å². The number of hydrogen-bond donors (Lipinski definition) is 2. The Kier molecular flexibility index (Phi) is 7.20. The molecule has 33 heavy (non-hydrogen) atoms. The maximum Gasteiger partial charge on any atom is 0.435 e. The first-order chi connectivity index (χ1) is 15.5. The van der Waals surface area contributed by atoms with Gasteiger partial charge >= 0.3 is 6.18 Å². The molecule has 1 heterocycles.